The first-order valence-corrected chi connectivity index (χ1v) is 7.41. The summed E-state index contributed by atoms with van der Waals surface area (Å²) in [7, 11) is 0. The maximum Gasteiger partial charge on any atom is 0.410 e. The summed E-state index contributed by atoms with van der Waals surface area (Å²) in [6.07, 6.45) is 1.20. The summed E-state index contributed by atoms with van der Waals surface area (Å²) in [4.78, 5) is 26.2. The SMILES string of the molecule is CC(C)(C)C(=O)[C@@H]1CCCN1C(=O)OCc1ccccc1. The van der Waals surface area contributed by atoms with E-state index in [0.29, 0.717) is 6.54 Å². The molecule has 0 spiro atoms. The van der Waals surface area contributed by atoms with E-state index in [-0.39, 0.29) is 24.5 Å². The third-order valence-corrected chi connectivity index (χ3v) is 3.73. The number of hydrogen-bond acceptors (Lipinski definition) is 3. The average molecular weight is 289 g/mol. The highest BCUT2D eigenvalue weighted by molar-refractivity contribution is 5.91. The molecule has 0 aliphatic carbocycles. The summed E-state index contributed by atoms with van der Waals surface area (Å²) in [5, 5.41) is 0. The highest BCUT2D eigenvalue weighted by Gasteiger charge is 2.39. The minimum Gasteiger partial charge on any atom is -0.445 e. The standard InChI is InChI=1S/C17H23NO3/c1-17(2,3)15(19)14-10-7-11-18(14)16(20)21-12-13-8-5-4-6-9-13/h4-6,8-9,14H,7,10-12H2,1-3H3/t14-/m0/s1. The molecule has 1 amide bonds. The first-order chi connectivity index (χ1) is 9.89. The van der Waals surface area contributed by atoms with E-state index in [4.69, 9.17) is 4.74 Å². The second-order valence-electron chi connectivity index (χ2n) is 6.51. The highest BCUT2D eigenvalue weighted by Crippen LogP contribution is 2.27. The van der Waals surface area contributed by atoms with Gasteiger partial charge in [0.2, 0.25) is 0 Å². The average Bonchev–Trinajstić information content (AvgIpc) is 2.93. The van der Waals surface area contributed by atoms with Gasteiger partial charge in [-0.2, -0.15) is 0 Å². The van der Waals surface area contributed by atoms with Crippen LogP contribution in [0.1, 0.15) is 39.2 Å². The number of hydrogen-bond donors (Lipinski definition) is 0. The zero-order valence-electron chi connectivity index (χ0n) is 13.0. The van der Waals surface area contributed by atoms with Crippen LogP contribution >= 0.6 is 0 Å². The van der Waals surface area contributed by atoms with Crippen molar-refractivity contribution in [3.63, 3.8) is 0 Å². The predicted octanol–water partition coefficient (Wildman–Crippen LogP) is 3.40. The number of ketones is 1. The molecule has 21 heavy (non-hydrogen) atoms. The zero-order chi connectivity index (χ0) is 15.5. The van der Waals surface area contributed by atoms with Crippen LogP contribution in [0.3, 0.4) is 0 Å². The molecule has 0 bridgehead atoms. The molecule has 0 radical (unpaired) electrons. The van der Waals surface area contributed by atoms with Gasteiger partial charge in [0.05, 0.1) is 6.04 Å². The Bertz CT molecular complexity index is 505. The molecule has 4 nitrogen and oxygen atoms in total. The van der Waals surface area contributed by atoms with E-state index in [0.717, 1.165) is 18.4 Å². The third kappa shape index (κ3) is 3.84. The maximum absolute atomic E-state index is 12.4. The van der Waals surface area contributed by atoms with Gasteiger partial charge in [0.25, 0.3) is 0 Å². The Labute approximate surface area is 126 Å². The van der Waals surface area contributed by atoms with Crippen molar-refractivity contribution in [1.29, 1.82) is 0 Å². The predicted molar refractivity (Wildman–Crippen MR) is 80.8 cm³/mol. The molecule has 114 valence electrons. The van der Waals surface area contributed by atoms with Crippen LogP contribution in [-0.4, -0.2) is 29.4 Å². The van der Waals surface area contributed by atoms with Gasteiger partial charge in [0.15, 0.2) is 5.78 Å². The van der Waals surface area contributed by atoms with Gasteiger partial charge < -0.3 is 4.74 Å². The Morgan fingerprint density at radius 2 is 1.90 bits per heavy atom. The van der Waals surface area contributed by atoms with Crippen LogP contribution in [0, 0.1) is 5.41 Å². The lowest BCUT2D eigenvalue weighted by atomic mass is 9.85. The van der Waals surface area contributed by atoms with Gasteiger partial charge in [0.1, 0.15) is 6.61 Å². The quantitative estimate of drug-likeness (QED) is 0.856. The second kappa shape index (κ2) is 6.29. The molecule has 0 unspecified atom stereocenters. The minimum atomic E-state index is -0.438. The number of Topliss-reactive ketones (excluding diaryl/α,β-unsaturated/α-hetero) is 1. The van der Waals surface area contributed by atoms with Crippen LogP contribution < -0.4 is 0 Å². The molecule has 1 aromatic carbocycles. The largest absolute Gasteiger partial charge is 0.445 e. The monoisotopic (exact) mass is 289 g/mol. The van der Waals surface area contributed by atoms with Gasteiger partial charge in [-0.1, -0.05) is 51.1 Å². The van der Waals surface area contributed by atoms with E-state index in [1.165, 1.54) is 0 Å². The number of amides is 1. The number of ether oxygens (including phenoxy) is 1. The van der Waals surface area contributed by atoms with E-state index in [9.17, 15) is 9.59 Å². The zero-order valence-corrected chi connectivity index (χ0v) is 13.0. The summed E-state index contributed by atoms with van der Waals surface area (Å²) in [6, 6.07) is 9.22. The van der Waals surface area contributed by atoms with Crippen molar-refractivity contribution in [2.24, 2.45) is 5.41 Å². The van der Waals surface area contributed by atoms with Crippen LogP contribution in [-0.2, 0) is 16.1 Å². The van der Waals surface area contributed by atoms with E-state index in [2.05, 4.69) is 0 Å². The number of likely N-dealkylation sites (tertiary alicyclic amines) is 1. The molecule has 4 heteroatoms. The third-order valence-electron chi connectivity index (χ3n) is 3.73. The summed E-state index contributed by atoms with van der Waals surface area (Å²) < 4.78 is 5.34. The van der Waals surface area contributed by atoms with E-state index < -0.39 is 5.41 Å². The second-order valence-corrected chi connectivity index (χ2v) is 6.51. The van der Waals surface area contributed by atoms with Crippen LogP contribution in [0.15, 0.2) is 30.3 Å². The van der Waals surface area contributed by atoms with Gasteiger partial charge >= 0.3 is 6.09 Å². The van der Waals surface area contributed by atoms with Gasteiger partial charge in [-0.25, -0.2) is 4.79 Å². The molecule has 0 N–H and O–H groups in total. The topological polar surface area (TPSA) is 46.6 Å². The van der Waals surface area contributed by atoms with Gasteiger partial charge in [-0.3, -0.25) is 9.69 Å². The van der Waals surface area contributed by atoms with Crippen molar-refractivity contribution < 1.29 is 14.3 Å². The molecule has 0 aromatic heterocycles. The Morgan fingerprint density at radius 3 is 2.52 bits per heavy atom. The Kier molecular flexibility index (Phi) is 4.66. The van der Waals surface area contributed by atoms with E-state index >= 15 is 0 Å². The Hall–Kier alpha value is -1.84. The fourth-order valence-electron chi connectivity index (χ4n) is 2.56. The highest BCUT2D eigenvalue weighted by atomic mass is 16.6. The van der Waals surface area contributed by atoms with Crippen molar-refractivity contribution in [3.8, 4) is 0 Å². The molecule has 1 aliphatic rings. The summed E-state index contributed by atoms with van der Waals surface area (Å²) in [5.74, 6) is 0.108. The fourth-order valence-corrected chi connectivity index (χ4v) is 2.56. The fraction of sp³-hybridized carbons (Fsp3) is 0.529. The number of benzene rings is 1. The molecule has 1 fully saturated rings. The maximum atomic E-state index is 12.4. The van der Waals surface area contributed by atoms with Gasteiger partial charge in [-0.15, -0.1) is 0 Å². The van der Waals surface area contributed by atoms with E-state index in [1.54, 1.807) is 4.90 Å². The molecule has 1 aromatic rings. The molecule has 2 rings (SSSR count). The molecule has 1 atom stereocenters. The minimum absolute atomic E-state index is 0.108. The van der Waals surface area contributed by atoms with Gasteiger partial charge in [-0.05, 0) is 18.4 Å². The lowest BCUT2D eigenvalue weighted by Gasteiger charge is -2.28. The first kappa shape index (κ1) is 15.5. The van der Waals surface area contributed by atoms with Crippen molar-refractivity contribution in [1.82, 2.24) is 4.90 Å². The van der Waals surface area contributed by atoms with Crippen molar-refractivity contribution in [3.05, 3.63) is 35.9 Å². The molecule has 1 saturated heterocycles. The number of carbonyl (C=O) groups is 2. The molecule has 0 saturated carbocycles. The van der Waals surface area contributed by atoms with Crippen LogP contribution in [0.4, 0.5) is 4.79 Å². The normalized spacial score (nSPS) is 18.6. The first-order valence-electron chi connectivity index (χ1n) is 7.41. The Morgan fingerprint density at radius 1 is 1.24 bits per heavy atom. The number of carbonyl (C=O) groups excluding carboxylic acids is 2. The molecular formula is C17H23NO3. The van der Waals surface area contributed by atoms with Gasteiger partial charge in [0, 0.05) is 12.0 Å². The van der Waals surface area contributed by atoms with Crippen LogP contribution in [0.2, 0.25) is 0 Å². The smallest absolute Gasteiger partial charge is 0.410 e. The van der Waals surface area contributed by atoms with Crippen molar-refractivity contribution >= 4 is 11.9 Å². The number of rotatable bonds is 3. The lowest BCUT2D eigenvalue weighted by Crippen LogP contribution is -2.45. The van der Waals surface area contributed by atoms with Crippen LogP contribution in [0.25, 0.3) is 0 Å². The summed E-state index contributed by atoms with van der Waals surface area (Å²) in [6.45, 7) is 6.51. The Balaban J connectivity index is 1.96. The number of nitrogens with zero attached hydrogens (tertiary/aromatic N) is 1. The molecular weight excluding hydrogens is 266 g/mol. The summed E-state index contributed by atoms with van der Waals surface area (Å²) in [5.41, 5.74) is 0.510. The van der Waals surface area contributed by atoms with Crippen molar-refractivity contribution in [2.45, 2.75) is 46.3 Å². The lowest BCUT2D eigenvalue weighted by molar-refractivity contribution is -0.130. The molecule has 1 aliphatic heterocycles. The van der Waals surface area contributed by atoms with Crippen molar-refractivity contribution in [2.75, 3.05) is 6.54 Å². The van der Waals surface area contributed by atoms with Crippen LogP contribution in [0.5, 0.6) is 0 Å². The van der Waals surface area contributed by atoms with E-state index in [1.807, 2.05) is 51.1 Å². The molecule has 1 heterocycles. The summed E-state index contributed by atoms with van der Waals surface area (Å²) >= 11 is 0.